The predicted octanol–water partition coefficient (Wildman–Crippen LogP) is 0.259. The van der Waals surface area contributed by atoms with Gasteiger partial charge in [-0.2, -0.15) is 0 Å². The zero-order valence-corrected chi connectivity index (χ0v) is 35.1. The van der Waals surface area contributed by atoms with Crippen molar-refractivity contribution in [3.63, 3.8) is 0 Å². The van der Waals surface area contributed by atoms with Gasteiger partial charge in [-0.15, -0.1) is 0 Å². The minimum absolute atomic E-state index is 0.0160. The van der Waals surface area contributed by atoms with Gasteiger partial charge in [0.05, 0.1) is 32.7 Å². The molecule has 0 bridgehead atoms. The highest BCUT2D eigenvalue weighted by Crippen LogP contribution is 2.28. The van der Waals surface area contributed by atoms with Crippen molar-refractivity contribution in [2.75, 3.05) is 20.8 Å². The Morgan fingerprint density at radius 2 is 1.55 bits per heavy atom. The molecule has 2 saturated heterocycles. The number of aliphatic hydroxyl groups excluding tert-OH is 1. The summed E-state index contributed by atoms with van der Waals surface area (Å²) in [5, 5.41) is 27.6. The standard InChI is InChI=1S/C43H59N7O10/c1-23(2)17-32-40(55)49-37(25(4)51)42(57)48-33(18-26-11-8-7-9-12-26)43(58)50-22-28(45-36(52)19-27-15-16-29(59-5)21-35(27)60-6)20-34(50)41(56)44-24(3)38(53)46-31-14-10-13-30(31)39(54)47-32/h7-9,11-12,15-16,21,23-25,28,30-34,37,51H,10,13-14,17-20,22H2,1-6H3,(H,44,56)(H,45,52)(H,46,53)(H,47,54)(H,48,57)(H,49,55)/t24-,25+,28+,30+,31+,32-,33-,34?,37-/m0/s1. The maximum Gasteiger partial charge on any atom is 0.246 e. The second kappa shape index (κ2) is 20.5. The van der Waals surface area contributed by atoms with Crippen molar-refractivity contribution in [2.24, 2.45) is 11.8 Å². The number of fused-ring (bicyclic) bond motifs is 2. The quantitative estimate of drug-likeness (QED) is 0.173. The third kappa shape index (κ3) is 11.5. The third-order valence-corrected chi connectivity index (χ3v) is 11.3. The number of amides is 7. The van der Waals surface area contributed by atoms with Gasteiger partial charge in [0.15, 0.2) is 0 Å². The summed E-state index contributed by atoms with van der Waals surface area (Å²) in [5.41, 5.74) is 1.25. The Balaban J connectivity index is 1.49. The lowest BCUT2D eigenvalue weighted by molar-refractivity contribution is -0.143. The van der Waals surface area contributed by atoms with E-state index in [0.29, 0.717) is 41.9 Å². The van der Waals surface area contributed by atoms with Crippen LogP contribution in [0, 0.1) is 11.8 Å². The zero-order chi connectivity index (χ0) is 43.7. The third-order valence-electron chi connectivity index (χ3n) is 11.3. The van der Waals surface area contributed by atoms with Gasteiger partial charge in [-0.3, -0.25) is 33.6 Å². The van der Waals surface area contributed by atoms with Crippen molar-refractivity contribution in [1.29, 1.82) is 0 Å². The summed E-state index contributed by atoms with van der Waals surface area (Å²) in [5.74, 6) is -4.00. The molecular formula is C43H59N7O10. The number of rotatable bonds is 10. The van der Waals surface area contributed by atoms with Crippen LogP contribution in [0.1, 0.15) is 70.9 Å². The number of carbonyl (C=O) groups is 7. The van der Waals surface area contributed by atoms with Crippen molar-refractivity contribution in [3.8, 4) is 11.5 Å². The normalized spacial score (nSPS) is 27.4. The molecule has 7 N–H and O–H groups in total. The van der Waals surface area contributed by atoms with Crippen molar-refractivity contribution < 1.29 is 48.1 Å². The number of hydrogen-bond donors (Lipinski definition) is 7. The van der Waals surface area contributed by atoms with E-state index in [1.807, 2.05) is 13.8 Å². The Morgan fingerprint density at radius 3 is 2.22 bits per heavy atom. The molecule has 9 atom stereocenters. The summed E-state index contributed by atoms with van der Waals surface area (Å²) in [7, 11) is 2.99. The SMILES string of the molecule is COc1ccc(CC(=O)N[C@@H]2CC3C(=O)N[C@@H](C)C(=O)N[C@@H]4CCC[C@H]4C(=O)N[C@@H](CC(C)C)C(=O)N[C@@H]([C@@H](C)O)C(=O)N[C@@H](Cc4ccccc4)C(=O)N3C2)c(OC)c1. The zero-order valence-electron chi connectivity index (χ0n) is 35.1. The number of hydrogen-bond acceptors (Lipinski definition) is 10. The summed E-state index contributed by atoms with van der Waals surface area (Å²) in [6.07, 6.45) is 0.252. The number of nitrogens with one attached hydrogen (secondary N) is 6. The summed E-state index contributed by atoms with van der Waals surface area (Å²) >= 11 is 0. The first-order chi connectivity index (χ1) is 28.6. The van der Waals surface area contributed by atoms with Crippen LogP contribution in [-0.4, -0.2) is 121 Å². The van der Waals surface area contributed by atoms with E-state index in [4.69, 9.17) is 9.47 Å². The predicted molar refractivity (Wildman–Crippen MR) is 219 cm³/mol. The average Bonchev–Trinajstić information content (AvgIpc) is 3.86. The molecule has 3 fully saturated rings. The Bertz CT molecular complexity index is 1890. The van der Waals surface area contributed by atoms with E-state index in [1.165, 1.54) is 33.0 Å². The first kappa shape index (κ1) is 45.4. The van der Waals surface area contributed by atoms with Crippen LogP contribution in [-0.2, 0) is 46.4 Å². The fourth-order valence-electron chi connectivity index (χ4n) is 8.16. The topological polar surface area (TPSA) is 234 Å². The van der Waals surface area contributed by atoms with E-state index in [-0.39, 0.29) is 38.1 Å². The molecule has 2 aromatic carbocycles. The van der Waals surface area contributed by atoms with E-state index in [1.54, 1.807) is 48.5 Å². The second-order valence-electron chi connectivity index (χ2n) is 16.4. The molecule has 1 unspecified atom stereocenters. The molecule has 326 valence electrons. The Morgan fingerprint density at radius 1 is 0.833 bits per heavy atom. The first-order valence-electron chi connectivity index (χ1n) is 20.6. The van der Waals surface area contributed by atoms with Gasteiger partial charge in [0.2, 0.25) is 41.4 Å². The van der Waals surface area contributed by atoms with Crippen LogP contribution in [0.3, 0.4) is 0 Å². The molecule has 60 heavy (non-hydrogen) atoms. The van der Waals surface area contributed by atoms with Crippen LogP contribution in [0.25, 0.3) is 0 Å². The smallest absolute Gasteiger partial charge is 0.246 e. The Kier molecular flexibility index (Phi) is 15.5. The highest BCUT2D eigenvalue weighted by Gasteiger charge is 2.45. The molecule has 1 saturated carbocycles. The molecule has 1 aliphatic carbocycles. The Labute approximate surface area is 350 Å². The molecule has 3 aliphatic rings. The van der Waals surface area contributed by atoms with Gasteiger partial charge in [0.25, 0.3) is 0 Å². The maximum atomic E-state index is 14.8. The number of carbonyl (C=O) groups excluding carboxylic acids is 7. The van der Waals surface area contributed by atoms with E-state index in [9.17, 15) is 38.7 Å². The number of aliphatic hydroxyl groups is 1. The van der Waals surface area contributed by atoms with Gasteiger partial charge in [-0.1, -0.05) is 56.7 Å². The van der Waals surface area contributed by atoms with E-state index >= 15 is 0 Å². The minimum Gasteiger partial charge on any atom is -0.497 e. The number of nitrogens with zero attached hydrogens (tertiary/aromatic N) is 1. The highest BCUT2D eigenvalue weighted by molar-refractivity contribution is 5.97. The lowest BCUT2D eigenvalue weighted by Crippen LogP contribution is -2.61. The number of methoxy groups -OCH3 is 2. The number of benzene rings is 2. The number of ether oxygens (including phenoxy) is 2. The van der Waals surface area contributed by atoms with Crippen LogP contribution in [0.4, 0.5) is 0 Å². The van der Waals surface area contributed by atoms with E-state index in [0.717, 1.165) is 0 Å². The molecule has 17 heteroatoms. The minimum atomic E-state index is -1.53. The summed E-state index contributed by atoms with van der Waals surface area (Å²) in [6, 6.07) is 6.46. The highest BCUT2D eigenvalue weighted by atomic mass is 16.5. The second-order valence-corrected chi connectivity index (χ2v) is 16.4. The van der Waals surface area contributed by atoms with Crippen molar-refractivity contribution in [2.45, 2.75) is 121 Å². The van der Waals surface area contributed by atoms with Gasteiger partial charge < -0.3 is 51.4 Å². The fraction of sp³-hybridized carbons (Fsp3) is 0.558. The molecule has 0 radical (unpaired) electrons. The summed E-state index contributed by atoms with van der Waals surface area (Å²) in [6.45, 7) is 6.46. The fourth-order valence-corrected chi connectivity index (χ4v) is 8.16. The molecule has 2 aliphatic heterocycles. The molecule has 2 heterocycles. The molecular weight excluding hydrogens is 775 g/mol. The maximum absolute atomic E-state index is 14.8. The Hall–Kier alpha value is -5.71. The monoisotopic (exact) mass is 833 g/mol. The van der Waals surface area contributed by atoms with E-state index in [2.05, 4.69) is 31.9 Å². The molecule has 17 nitrogen and oxygen atoms in total. The van der Waals surface area contributed by atoms with Crippen molar-refractivity contribution in [1.82, 2.24) is 36.8 Å². The lowest BCUT2D eigenvalue weighted by Gasteiger charge is -2.31. The van der Waals surface area contributed by atoms with Crippen LogP contribution in [0.2, 0.25) is 0 Å². The summed E-state index contributed by atoms with van der Waals surface area (Å²) < 4.78 is 10.7. The van der Waals surface area contributed by atoms with Crippen LogP contribution in [0.5, 0.6) is 11.5 Å². The molecule has 0 spiro atoms. The van der Waals surface area contributed by atoms with Crippen LogP contribution < -0.4 is 41.4 Å². The average molecular weight is 834 g/mol. The van der Waals surface area contributed by atoms with Gasteiger partial charge in [-0.25, -0.2) is 0 Å². The van der Waals surface area contributed by atoms with Gasteiger partial charge in [0, 0.05) is 36.7 Å². The van der Waals surface area contributed by atoms with Gasteiger partial charge >= 0.3 is 0 Å². The largest absolute Gasteiger partial charge is 0.497 e. The first-order valence-corrected chi connectivity index (χ1v) is 20.6. The van der Waals surface area contributed by atoms with Crippen LogP contribution in [0.15, 0.2) is 48.5 Å². The van der Waals surface area contributed by atoms with Crippen molar-refractivity contribution in [3.05, 3.63) is 59.7 Å². The molecule has 7 amide bonds. The van der Waals surface area contributed by atoms with Crippen LogP contribution >= 0.6 is 0 Å². The molecule has 0 aromatic heterocycles. The summed E-state index contributed by atoms with van der Waals surface area (Å²) in [4.78, 5) is 98.9. The van der Waals surface area contributed by atoms with E-state index < -0.39 is 95.7 Å². The van der Waals surface area contributed by atoms with Gasteiger partial charge in [-0.05, 0) is 57.1 Å². The van der Waals surface area contributed by atoms with Crippen molar-refractivity contribution >= 4 is 41.4 Å². The lowest BCUT2D eigenvalue weighted by atomic mass is 9.98. The van der Waals surface area contributed by atoms with Gasteiger partial charge in [0.1, 0.15) is 41.7 Å². The molecule has 5 rings (SSSR count). The molecule has 2 aromatic rings.